The molecule has 0 bridgehead atoms. The van der Waals surface area contributed by atoms with Crippen molar-refractivity contribution in [3.8, 4) is 0 Å². The number of guanidine groups is 1. The molecule has 0 atom stereocenters. The van der Waals surface area contributed by atoms with Crippen LogP contribution in [-0.2, 0) is 6.54 Å². The summed E-state index contributed by atoms with van der Waals surface area (Å²) in [7, 11) is 1.80. The number of hydrogen-bond acceptors (Lipinski definition) is 3. The van der Waals surface area contributed by atoms with Crippen LogP contribution in [0.4, 0.5) is 5.69 Å². The Hall–Kier alpha value is -1.28. The minimum atomic E-state index is 0. The van der Waals surface area contributed by atoms with E-state index in [1.807, 2.05) is 29.5 Å². The number of nitrogens with zero attached hydrogens (tertiary/aromatic N) is 1. The molecule has 2 aromatic rings. The Morgan fingerprint density at radius 3 is 2.48 bits per heavy atom. The Morgan fingerprint density at radius 1 is 1.04 bits per heavy atom. The minimum absolute atomic E-state index is 0. The number of nitrogens with one attached hydrogen (secondary N) is 3. The van der Waals surface area contributed by atoms with E-state index >= 15 is 0 Å². The van der Waals surface area contributed by atoms with Crippen molar-refractivity contribution in [3.05, 3.63) is 52.2 Å². The fraction of sp³-hybridized carbons (Fsp3) is 0.353. The zero-order chi connectivity index (χ0) is 15.6. The lowest BCUT2D eigenvalue weighted by molar-refractivity contribution is 0.765. The zero-order valence-corrected chi connectivity index (χ0v) is 16.8. The van der Waals surface area contributed by atoms with E-state index < -0.39 is 0 Å². The second-order valence-corrected chi connectivity index (χ2v) is 6.38. The highest BCUT2D eigenvalue weighted by Crippen LogP contribution is 2.14. The smallest absolute Gasteiger partial charge is 0.191 e. The van der Waals surface area contributed by atoms with Crippen LogP contribution in [0, 0.1) is 6.92 Å². The number of anilines is 1. The monoisotopic (exact) mass is 444 g/mol. The van der Waals surface area contributed by atoms with Gasteiger partial charge in [0, 0.05) is 35.6 Å². The molecule has 3 N–H and O–H groups in total. The highest BCUT2D eigenvalue weighted by atomic mass is 127. The molecular weight excluding hydrogens is 419 g/mol. The first kappa shape index (κ1) is 19.8. The van der Waals surface area contributed by atoms with Crippen LogP contribution in [0.15, 0.2) is 47.5 Å². The molecule has 0 unspecified atom stereocenters. The second-order valence-electron chi connectivity index (χ2n) is 5.01. The van der Waals surface area contributed by atoms with Crippen LogP contribution in [0.25, 0.3) is 0 Å². The number of aryl methyl sites for hydroxylation is 1. The molecule has 0 saturated carbocycles. The summed E-state index contributed by atoms with van der Waals surface area (Å²) in [5, 5.41) is 10.1. The number of thiophene rings is 1. The number of halogens is 1. The topological polar surface area (TPSA) is 48.5 Å². The predicted octanol–water partition coefficient (Wildman–Crippen LogP) is 3.84. The Kier molecular flexibility index (Phi) is 9.70. The van der Waals surface area contributed by atoms with Gasteiger partial charge in [0.05, 0.1) is 6.54 Å². The van der Waals surface area contributed by atoms with E-state index in [9.17, 15) is 0 Å². The molecule has 126 valence electrons. The van der Waals surface area contributed by atoms with E-state index in [4.69, 9.17) is 0 Å². The molecule has 0 spiro atoms. The van der Waals surface area contributed by atoms with E-state index in [1.54, 1.807) is 7.05 Å². The minimum Gasteiger partial charge on any atom is -0.385 e. The van der Waals surface area contributed by atoms with Crippen molar-refractivity contribution >= 4 is 47.0 Å². The van der Waals surface area contributed by atoms with Crippen molar-refractivity contribution in [1.29, 1.82) is 0 Å². The third kappa shape index (κ3) is 7.69. The van der Waals surface area contributed by atoms with Crippen LogP contribution in [0.2, 0.25) is 0 Å². The maximum absolute atomic E-state index is 4.24. The first-order valence-corrected chi connectivity index (χ1v) is 8.38. The summed E-state index contributed by atoms with van der Waals surface area (Å²) in [5.41, 5.74) is 1.16. The molecule has 4 nitrogen and oxygen atoms in total. The summed E-state index contributed by atoms with van der Waals surface area (Å²) in [6.07, 6.45) is 1.04. The summed E-state index contributed by atoms with van der Waals surface area (Å²) >= 11 is 1.81. The maximum atomic E-state index is 4.24. The Bertz CT molecular complexity index is 583. The molecular formula is C17H25IN4S. The van der Waals surface area contributed by atoms with Gasteiger partial charge in [-0.05, 0) is 37.6 Å². The lowest BCUT2D eigenvalue weighted by Gasteiger charge is -2.11. The van der Waals surface area contributed by atoms with E-state index in [-0.39, 0.29) is 24.0 Å². The van der Waals surface area contributed by atoms with Crippen LogP contribution < -0.4 is 16.0 Å². The predicted molar refractivity (Wildman–Crippen MR) is 112 cm³/mol. The summed E-state index contributed by atoms with van der Waals surface area (Å²) < 4.78 is 0. The van der Waals surface area contributed by atoms with Gasteiger partial charge in [0.15, 0.2) is 5.96 Å². The van der Waals surface area contributed by atoms with Gasteiger partial charge in [0.2, 0.25) is 0 Å². The van der Waals surface area contributed by atoms with Gasteiger partial charge in [-0.1, -0.05) is 18.2 Å². The number of rotatable bonds is 7. The molecule has 6 heteroatoms. The van der Waals surface area contributed by atoms with Crippen molar-refractivity contribution in [2.24, 2.45) is 4.99 Å². The van der Waals surface area contributed by atoms with E-state index in [0.29, 0.717) is 0 Å². The standard InChI is InChI=1S/C17H24N4S.HI/c1-14-9-10-16(22-14)13-21-17(18-2)20-12-6-11-19-15-7-4-3-5-8-15;/h3-5,7-10,19H,6,11-13H2,1-2H3,(H2,18,20,21);1H. The molecule has 23 heavy (non-hydrogen) atoms. The molecule has 1 aromatic heterocycles. The lowest BCUT2D eigenvalue weighted by Crippen LogP contribution is -2.37. The first-order chi connectivity index (χ1) is 10.8. The van der Waals surface area contributed by atoms with Crippen molar-refractivity contribution < 1.29 is 0 Å². The fourth-order valence-electron chi connectivity index (χ4n) is 2.06. The number of para-hydroxylation sites is 1. The maximum Gasteiger partial charge on any atom is 0.191 e. The largest absolute Gasteiger partial charge is 0.385 e. The average molecular weight is 444 g/mol. The highest BCUT2D eigenvalue weighted by molar-refractivity contribution is 14.0. The first-order valence-electron chi connectivity index (χ1n) is 7.56. The third-order valence-corrected chi connectivity index (χ3v) is 4.20. The van der Waals surface area contributed by atoms with Crippen LogP contribution >= 0.6 is 35.3 Å². The van der Waals surface area contributed by atoms with Crippen molar-refractivity contribution in [2.75, 3.05) is 25.5 Å². The number of aliphatic imine (C=N–C) groups is 1. The van der Waals surface area contributed by atoms with Crippen LogP contribution in [0.1, 0.15) is 16.2 Å². The SMILES string of the molecule is CN=C(NCCCNc1ccccc1)NCc1ccc(C)s1.I. The zero-order valence-electron chi connectivity index (χ0n) is 13.6. The van der Waals surface area contributed by atoms with Gasteiger partial charge < -0.3 is 16.0 Å². The Labute approximate surface area is 159 Å². The molecule has 0 aliphatic carbocycles. The van der Waals surface area contributed by atoms with Gasteiger partial charge in [0.25, 0.3) is 0 Å². The molecule has 0 amide bonds. The summed E-state index contributed by atoms with van der Waals surface area (Å²) in [5.74, 6) is 0.853. The fourth-order valence-corrected chi connectivity index (χ4v) is 2.89. The molecule has 1 aromatic carbocycles. The highest BCUT2D eigenvalue weighted by Gasteiger charge is 2.00. The average Bonchev–Trinajstić information content (AvgIpc) is 2.96. The molecule has 0 radical (unpaired) electrons. The third-order valence-electron chi connectivity index (χ3n) is 3.20. The quantitative estimate of drug-likeness (QED) is 0.263. The van der Waals surface area contributed by atoms with E-state index in [0.717, 1.165) is 37.7 Å². The lowest BCUT2D eigenvalue weighted by atomic mass is 10.3. The van der Waals surface area contributed by atoms with Crippen LogP contribution in [-0.4, -0.2) is 26.1 Å². The van der Waals surface area contributed by atoms with Gasteiger partial charge in [-0.15, -0.1) is 35.3 Å². The molecule has 0 fully saturated rings. The molecule has 0 saturated heterocycles. The molecule has 0 aliphatic heterocycles. The van der Waals surface area contributed by atoms with Gasteiger partial charge in [-0.25, -0.2) is 0 Å². The van der Waals surface area contributed by atoms with Gasteiger partial charge in [-0.3, -0.25) is 4.99 Å². The van der Waals surface area contributed by atoms with Crippen molar-refractivity contribution in [3.63, 3.8) is 0 Å². The van der Waals surface area contributed by atoms with Gasteiger partial charge in [0.1, 0.15) is 0 Å². The van der Waals surface area contributed by atoms with Crippen LogP contribution in [0.5, 0.6) is 0 Å². The van der Waals surface area contributed by atoms with Crippen molar-refractivity contribution in [2.45, 2.75) is 19.9 Å². The van der Waals surface area contributed by atoms with Gasteiger partial charge in [-0.2, -0.15) is 0 Å². The normalized spacial score (nSPS) is 10.8. The number of benzene rings is 1. The summed E-state index contributed by atoms with van der Waals surface area (Å²) in [4.78, 5) is 6.91. The molecule has 1 heterocycles. The Morgan fingerprint density at radius 2 is 1.83 bits per heavy atom. The molecule has 2 rings (SSSR count). The van der Waals surface area contributed by atoms with E-state index in [1.165, 1.54) is 9.75 Å². The van der Waals surface area contributed by atoms with Gasteiger partial charge >= 0.3 is 0 Å². The molecule has 0 aliphatic rings. The van der Waals surface area contributed by atoms with Crippen molar-refractivity contribution in [1.82, 2.24) is 10.6 Å². The second kappa shape index (κ2) is 11.3. The van der Waals surface area contributed by atoms with E-state index in [2.05, 4.69) is 52.1 Å². The Balaban J connectivity index is 0.00000264. The van der Waals surface area contributed by atoms with Crippen LogP contribution in [0.3, 0.4) is 0 Å². The number of hydrogen-bond donors (Lipinski definition) is 3. The summed E-state index contributed by atoms with van der Waals surface area (Å²) in [6.45, 7) is 4.78. The summed E-state index contributed by atoms with van der Waals surface area (Å²) in [6, 6.07) is 14.6.